The lowest BCUT2D eigenvalue weighted by Crippen LogP contribution is -2.49. The highest BCUT2D eigenvalue weighted by molar-refractivity contribution is 5.85. The molecule has 1 aromatic rings. The number of hydrogen-bond donors (Lipinski definition) is 1. The molecular formula is C18H30Cl2N4O2. The van der Waals surface area contributed by atoms with Gasteiger partial charge in [0.2, 0.25) is 5.91 Å². The summed E-state index contributed by atoms with van der Waals surface area (Å²) in [6.45, 7) is 8.41. The number of piperazine rings is 2. The van der Waals surface area contributed by atoms with Crippen molar-refractivity contribution < 1.29 is 9.53 Å². The highest BCUT2D eigenvalue weighted by Crippen LogP contribution is 2.22. The summed E-state index contributed by atoms with van der Waals surface area (Å²) in [6.07, 6.45) is 0.638. The molecule has 0 atom stereocenters. The zero-order valence-electron chi connectivity index (χ0n) is 15.4. The molecule has 148 valence electrons. The van der Waals surface area contributed by atoms with Gasteiger partial charge in [-0.25, -0.2) is 0 Å². The number of nitrogens with zero attached hydrogens (tertiary/aromatic N) is 3. The molecule has 3 rings (SSSR count). The predicted octanol–water partition coefficient (Wildman–Crippen LogP) is 1.48. The quantitative estimate of drug-likeness (QED) is 0.805. The van der Waals surface area contributed by atoms with E-state index in [4.69, 9.17) is 4.74 Å². The maximum atomic E-state index is 12.2. The van der Waals surface area contributed by atoms with E-state index < -0.39 is 0 Å². The highest BCUT2D eigenvalue weighted by atomic mass is 35.5. The first-order valence-electron chi connectivity index (χ1n) is 8.86. The highest BCUT2D eigenvalue weighted by Gasteiger charge is 2.20. The molecule has 2 aliphatic heterocycles. The van der Waals surface area contributed by atoms with Gasteiger partial charge in [0.05, 0.1) is 7.11 Å². The third kappa shape index (κ3) is 6.20. The minimum Gasteiger partial charge on any atom is -0.497 e. The van der Waals surface area contributed by atoms with Crippen molar-refractivity contribution in [2.45, 2.75) is 6.42 Å². The van der Waals surface area contributed by atoms with Crippen molar-refractivity contribution in [3.05, 3.63) is 24.3 Å². The Morgan fingerprint density at radius 3 is 2.42 bits per heavy atom. The number of halogens is 2. The Bertz CT molecular complexity index is 548. The van der Waals surface area contributed by atoms with Crippen molar-refractivity contribution in [3.8, 4) is 5.75 Å². The van der Waals surface area contributed by atoms with Gasteiger partial charge in [0, 0.05) is 77.1 Å². The topological polar surface area (TPSA) is 48.1 Å². The summed E-state index contributed by atoms with van der Waals surface area (Å²) in [6, 6.07) is 8.23. The fourth-order valence-corrected chi connectivity index (χ4v) is 3.36. The van der Waals surface area contributed by atoms with Crippen LogP contribution < -0.4 is 15.0 Å². The van der Waals surface area contributed by atoms with Gasteiger partial charge in [-0.2, -0.15) is 0 Å². The van der Waals surface area contributed by atoms with E-state index in [1.54, 1.807) is 7.11 Å². The van der Waals surface area contributed by atoms with Crippen molar-refractivity contribution in [1.82, 2.24) is 15.1 Å². The second kappa shape index (κ2) is 11.5. The molecular weight excluding hydrogens is 375 g/mol. The second-order valence-electron chi connectivity index (χ2n) is 6.41. The summed E-state index contributed by atoms with van der Waals surface area (Å²) < 4.78 is 5.31. The second-order valence-corrected chi connectivity index (χ2v) is 6.41. The monoisotopic (exact) mass is 404 g/mol. The first-order chi connectivity index (χ1) is 11.8. The van der Waals surface area contributed by atoms with Crippen molar-refractivity contribution >= 4 is 36.4 Å². The van der Waals surface area contributed by atoms with Gasteiger partial charge in [0.25, 0.3) is 0 Å². The molecule has 1 amide bonds. The number of benzene rings is 1. The lowest BCUT2D eigenvalue weighted by Gasteiger charge is -2.36. The van der Waals surface area contributed by atoms with E-state index in [1.165, 1.54) is 5.69 Å². The van der Waals surface area contributed by atoms with Crippen LogP contribution in [0.1, 0.15) is 6.42 Å². The summed E-state index contributed by atoms with van der Waals surface area (Å²) in [5.41, 5.74) is 1.21. The van der Waals surface area contributed by atoms with Crippen molar-refractivity contribution in [2.75, 3.05) is 70.9 Å². The van der Waals surface area contributed by atoms with Crippen LogP contribution in [0.15, 0.2) is 24.3 Å². The van der Waals surface area contributed by atoms with Gasteiger partial charge < -0.3 is 19.9 Å². The number of methoxy groups -OCH3 is 1. The van der Waals surface area contributed by atoms with Crippen LogP contribution in [0.5, 0.6) is 5.75 Å². The van der Waals surface area contributed by atoms with Crippen LogP contribution in [-0.2, 0) is 4.79 Å². The Balaban J connectivity index is 0.00000169. The molecule has 0 bridgehead atoms. The average molecular weight is 405 g/mol. The van der Waals surface area contributed by atoms with E-state index in [0.29, 0.717) is 12.3 Å². The number of anilines is 1. The van der Waals surface area contributed by atoms with E-state index in [9.17, 15) is 4.79 Å². The molecule has 2 saturated heterocycles. The van der Waals surface area contributed by atoms with Gasteiger partial charge in [0.1, 0.15) is 5.75 Å². The van der Waals surface area contributed by atoms with Crippen LogP contribution in [0.25, 0.3) is 0 Å². The number of amides is 1. The molecule has 0 aromatic heterocycles. The summed E-state index contributed by atoms with van der Waals surface area (Å²) >= 11 is 0. The van der Waals surface area contributed by atoms with Crippen molar-refractivity contribution in [2.24, 2.45) is 0 Å². The largest absolute Gasteiger partial charge is 0.497 e. The summed E-state index contributed by atoms with van der Waals surface area (Å²) in [4.78, 5) is 19.0. The van der Waals surface area contributed by atoms with Gasteiger partial charge in [-0.05, 0) is 12.1 Å². The third-order valence-electron chi connectivity index (χ3n) is 4.90. The van der Waals surface area contributed by atoms with Crippen LogP contribution in [0, 0.1) is 0 Å². The Morgan fingerprint density at radius 2 is 1.77 bits per heavy atom. The molecule has 0 aliphatic carbocycles. The molecule has 0 spiro atoms. The molecule has 8 heteroatoms. The summed E-state index contributed by atoms with van der Waals surface area (Å²) in [5, 5.41) is 3.28. The maximum absolute atomic E-state index is 12.2. The molecule has 2 aliphatic rings. The Morgan fingerprint density at radius 1 is 1.08 bits per heavy atom. The standard InChI is InChI=1S/C18H28N4O2.2ClH/c1-24-17-4-2-3-16(15-17)21-13-11-20(12-14-21)8-5-18(23)22-9-6-19-7-10-22;;/h2-4,15,19H,5-14H2,1H3;2*1H. The van der Waals surface area contributed by atoms with E-state index in [1.807, 2.05) is 17.0 Å². The number of carbonyl (C=O) groups is 1. The lowest BCUT2D eigenvalue weighted by atomic mass is 10.2. The van der Waals surface area contributed by atoms with Crippen LogP contribution in [0.2, 0.25) is 0 Å². The molecule has 0 unspecified atom stereocenters. The predicted molar refractivity (Wildman–Crippen MR) is 110 cm³/mol. The van der Waals surface area contributed by atoms with Crippen LogP contribution in [0.3, 0.4) is 0 Å². The van der Waals surface area contributed by atoms with Crippen molar-refractivity contribution in [1.29, 1.82) is 0 Å². The van der Waals surface area contributed by atoms with Crippen LogP contribution >= 0.6 is 24.8 Å². The average Bonchev–Trinajstić information content (AvgIpc) is 2.67. The van der Waals surface area contributed by atoms with Gasteiger partial charge >= 0.3 is 0 Å². The number of rotatable bonds is 5. The lowest BCUT2D eigenvalue weighted by molar-refractivity contribution is -0.132. The first-order valence-corrected chi connectivity index (χ1v) is 8.86. The maximum Gasteiger partial charge on any atom is 0.223 e. The minimum atomic E-state index is 0. The zero-order chi connectivity index (χ0) is 16.8. The normalized spacial score (nSPS) is 17.9. The first kappa shape index (κ1) is 22.8. The Kier molecular flexibility index (Phi) is 10.1. The van der Waals surface area contributed by atoms with E-state index in [2.05, 4.69) is 27.2 Å². The van der Waals surface area contributed by atoms with Gasteiger partial charge in [-0.15, -0.1) is 24.8 Å². The number of hydrogen-bond acceptors (Lipinski definition) is 5. The molecule has 1 N–H and O–H groups in total. The molecule has 2 fully saturated rings. The van der Waals surface area contributed by atoms with E-state index in [0.717, 1.165) is 64.7 Å². The zero-order valence-corrected chi connectivity index (χ0v) is 17.0. The number of nitrogens with one attached hydrogen (secondary N) is 1. The SMILES string of the molecule is COc1cccc(N2CCN(CCC(=O)N3CCNCC3)CC2)c1.Cl.Cl. The summed E-state index contributed by atoms with van der Waals surface area (Å²) in [5.74, 6) is 1.20. The molecule has 1 aromatic carbocycles. The van der Waals surface area contributed by atoms with Crippen molar-refractivity contribution in [3.63, 3.8) is 0 Å². The van der Waals surface area contributed by atoms with E-state index in [-0.39, 0.29) is 24.8 Å². The third-order valence-corrected chi connectivity index (χ3v) is 4.90. The summed E-state index contributed by atoms with van der Waals surface area (Å²) in [7, 11) is 1.70. The fourth-order valence-electron chi connectivity index (χ4n) is 3.36. The smallest absolute Gasteiger partial charge is 0.223 e. The molecule has 26 heavy (non-hydrogen) atoms. The number of ether oxygens (including phenoxy) is 1. The molecule has 0 saturated carbocycles. The Labute approximate surface area is 168 Å². The molecule has 6 nitrogen and oxygen atoms in total. The van der Waals surface area contributed by atoms with Gasteiger partial charge in [0.15, 0.2) is 0 Å². The number of carbonyl (C=O) groups excluding carboxylic acids is 1. The fraction of sp³-hybridized carbons (Fsp3) is 0.611. The van der Waals surface area contributed by atoms with Crippen LogP contribution in [-0.4, -0.2) is 81.7 Å². The Hall–Kier alpha value is -1.21. The van der Waals surface area contributed by atoms with Gasteiger partial charge in [-0.3, -0.25) is 9.69 Å². The minimum absolute atomic E-state index is 0. The van der Waals surface area contributed by atoms with E-state index >= 15 is 0 Å². The van der Waals surface area contributed by atoms with Gasteiger partial charge in [-0.1, -0.05) is 6.07 Å². The molecule has 2 heterocycles. The molecule has 0 radical (unpaired) electrons. The van der Waals surface area contributed by atoms with Crippen LogP contribution in [0.4, 0.5) is 5.69 Å².